The third-order valence-corrected chi connectivity index (χ3v) is 2.82. The molecule has 0 bridgehead atoms. The van der Waals surface area contributed by atoms with Crippen molar-refractivity contribution in [2.24, 2.45) is 5.92 Å². The minimum absolute atomic E-state index is 0.729. The van der Waals surface area contributed by atoms with Crippen molar-refractivity contribution in [3.05, 3.63) is 28.0 Å². The van der Waals surface area contributed by atoms with E-state index in [-0.39, 0.29) is 0 Å². The Morgan fingerprint density at radius 2 is 2.21 bits per heavy atom. The van der Waals surface area contributed by atoms with E-state index < -0.39 is 0 Å². The minimum Gasteiger partial charge on any atom is -0.313 e. The molecule has 1 aromatic heterocycles. The van der Waals surface area contributed by atoms with E-state index in [4.69, 9.17) is 0 Å². The summed E-state index contributed by atoms with van der Waals surface area (Å²) in [5.74, 6) is 0.729. The van der Waals surface area contributed by atoms with Crippen LogP contribution in [0.2, 0.25) is 0 Å². The van der Waals surface area contributed by atoms with E-state index in [9.17, 15) is 0 Å². The van der Waals surface area contributed by atoms with Gasteiger partial charge in [-0.15, -0.1) is 11.3 Å². The predicted molar refractivity (Wildman–Crippen MR) is 65.8 cm³/mol. The van der Waals surface area contributed by atoms with Crippen LogP contribution in [-0.2, 0) is 0 Å². The molecule has 2 heteroatoms. The van der Waals surface area contributed by atoms with Crippen molar-refractivity contribution < 1.29 is 0 Å². The zero-order valence-electron chi connectivity index (χ0n) is 9.21. The van der Waals surface area contributed by atoms with Gasteiger partial charge in [-0.1, -0.05) is 19.9 Å². The van der Waals surface area contributed by atoms with Crippen LogP contribution in [0, 0.1) is 12.8 Å². The second-order valence-electron chi connectivity index (χ2n) is 3.90. The summed E-state index contributed by atoms with van der Waals surface area (Å²) in [6.07, 6.45) is 4.37. The maximum atomic E-state index is 3.38. The first-order valence-electron chi connectivity index (χ1n) is 5.12. The molecular formula is C12H19NS. The molecule has 0 saturated heterocycles. The molecule has 14 heavy (non-hydrogen) atoms. The average Bonchev–Trinajstić information content (AvgIpc) is 2.50. The summed E-state index contributed by atoms with van der Waals surface area (Å²) < 4.78 is 0. The zero-order chi connectivity index (χ0) is 10.4. The van der Waals surface area contributed by atoms with Crippen LogP contribution in [0.4, 0.5) is 0 Å². The number of nitrogens with one attached hydrogen (secondary N) is 1. The Labute approximate surface area is 90.9 Å². The molecule has 0 amide bonds. The van der Waals surface area contributed by atoms with Crippen molar-refractivity contribution in [3.8, 4) is 0 Å². The van der Waals surface area contributed by atoms with Gasteiger partial charge in [0, 0.05) is 16.3 Å². The van der Waals surface area contributed by atoms with Crippen molar-refractivity contribution in [3.63, 3.8) is 0 Å². The van der Waals surface area contributed by atoms with Gasteiger partial charge in [-0.25, -0.2) is 0 Å². The summed E-state index contributed by atoms with van der Waals surface area (Å²) in [6.45, 7) is 8.64. The largest absolute Gasteiger partial charge is 0.313 e. The minimum atomic E-state index is 0.729. The fourth-order valence-corrected chi connectivity index (χ4v) is 1.98. The number of hydrogen-bond donors (Lipinski definition) is 1. The molecule has 0 atom stereocenters. The van der Waals surface area contributed by atoms with Gasteiger partial charge in [0.25, 0.3) is 0 Å². The van der Waals surface area contributed by atoms with Gasteiger partial charge < -0.3 is 5.32 Å². The first kappa shape index (κ1) is 11.5. The molecule has 1 aromatic rings. The molecule has 1 nitrogen and oxygen atoms in total. The van der Waals surface area contributed by atoms with Crippen LogP contribution < -0.4 is 5.32 Å². The molecule has 1 rings (SSSR count). The first-order valence-corrected chi connectivity index (χ1v) is 5.94. The molecule has 0 unspecified atom stereocenters. The Hall–Kier alpha value is -0.600. The van der Waals surface area contributed by atoms with E-state index in [0.29, 0.717) is 0 Å². The van der Waals surface area contributed by atoms with Crippen LogP contribution in [-0.4, -0.2) is 13.1 Å². The Morgan fingerprint density at radius 3 is 2.79 bits per heavy atom. The van der Waals surface area contributed by atoms with Crippen molar-refractivity contribution in [2.45, 2.75) is 20.8 Å². The molecule has 1 heterocycles. The summed E-state index contributed by atoms with van der Waals surface area (Å²) in [4.78, 5) is 2.72. The molecule has 1 N–H and O–H groups in total. The smallest absolute Gasteiger partial charge is 0.0270 e. The molecule has 0 aliphatic rings. The lowest BCUT2D eigenvalue weighted by molar-refractivity contribution is 0.577. The molecule has 0 aliphatic heterocycles. The zero-order valence-corrected chi connectivity index (χ0v) is 10.0. The van der Waals surface area contributed by atoms with Gasteiger partial charge in [-0.2, -0.15) is 0 Å². The quantitative estimate of drug-likeness (QED) is 0.734. The van der Waals surface area contributed by atoms with Gasteiger partial charge in [0.15, 0.2) is 0 Å². The molecule has 0 spiro atoms. The average molecular weight is 209 g/mol. The van der Waals surface area contributed by atoms with Gasteiger partial charge in [0.2, 0.25) is 0 Å². The maximum absolute atomic E-state index is 3.38. The first-order chi connectivity index (χ1) is 6.68. The predicted octanol–water partition coefficient (Wildman–Crippen LogP) is 3.32. The SMILES string of the molecule is Cc1ccc(C=CCNCC(C)C)s1. The second kappa shape index (κ2) is 5.99. The monoisotopic (exact) mass is 209 g/mol. The molecule has 78 valence electrons. The third-order valence-electron chi connectivity index (χ3n) is 1.86. The van der Waals surface area contributed by atoms with Gasteiger partial charge in [-0.3, -0.25) is 0 Å². The van der Waals surface area contributed by atoms with Crippen LogP contribution in [0.3, 0.4) is 0 Å². The molecule has 0 aromatic carbocycles. The maximum Gasteiger partial charge on any atom is 0.0270 e. The number of rotatable bonds is 5. The second-order valence-corrected chi connectivity index (χ2v) is 5.22. The Morgan fingerprint density at radius 1 is 1.43 bits per heavy atom. The van der Waals surface area contributed by atoms with Gasteiger partial charge in [0.1, 0.15) is 0 Å². The standard InChI is InChI=1S/C12H19NS/c1-10(2)9-13-8-4-5-12-7-6-11(3)14-12/h4-7,10,13H,8-9H2,1-3H3. The lowest BCUT2D eigenvalue weighted by atomic mass is 10.2. The lowest BCUT2D eigenvalue weighted by Crippen LogP contribution is -2.19. The summed E-state index contributed by atoms with van der Waals surface area (Å²) in [6, 6.07) is 4.32. The highest BCUT2D eigenvalue weighted by Crippen LogP contribution is 2.15. The Bertz CT molecular complexity index is 286. The summed E-state index contributed by atoms with van der Waals surface area (Å²) in [7, 11) is 0. The highest BCUT2D eigenvalue weighted by molar-refractivity contribution is 7.12. The molecular weight excluding hydrogens is 190 g/mol. The summed E-state index contributed by atoms with van der Waals surface area (Å²) >= 11 is 1.84. The fourth-order valence-electron chi connectivity index (χ4n) is 1.17. The van der Waals surface area contributed by atoms with E-state index in [0.717, 1.165) is 19.0 Å². The van der Waals surface area contributed by atoms with E-state index in [1.807, 2.05) is 11.3 Å². The van der Waals surface area contributed by atoms with Crippen molar-refractivity contribution >= 4 is 17.4 Å². The molecule has 0 fully saturated rings. The fraction of sp³-hybridized carbons (Fsp3) is 0.500. The summed E-state index contributed by atoms with van der Waals surface area (Å²) in [5, 5.41) is 3.38. The highest BCUT2D eigenvalue weighted by Gasteiger charge is 1.91. The van der Waals surface area contributed by atoms with E-state index >= 15 is 0 Å². The van der Waals surface area contributed by atoms with Crippen LogP contribution in [0.1, 0.15) is 23.6 Å². The van der Waals surface area contributed by atoms with E-state index in [2.05, 4.69) is 50.4 Å². The van der Waals surface area contributed by atoms with Gasteiger partial charge >= 0.3 is 0 Å². The highest BCUT2D eigenvalue weighted by atomic mass is 32.1. The molecule has 0 radical (unpaired) electrons. The number of thiophene rings is 1. The van der Waals surface area contributed by atoms with E-state index in [1.165, 1.54) is 9.75 Å². The van der Waals surface area contributed by atoms with Crippen molar-refractivity contribution in [1.29, 1.82) is 0 Å². The normalized spacial score (nSPS) is 11.7. The van der Waals surface area contributed by atoms with E-state index in [1.54, 1.807) is 0 Å². The topological polar surface area (TPSA) is 12.0 Å². The number of hydrogen-bond acceptors (Lipinski definition) is 2. The van der Waals surface area contributed by atoms with Crippen molar-refractivity contribution in [1.82, 2.24) is 5.32 Å². The molecule has 0 saturated carbocycles. The van der Waals surface area contributed by atoms with Gasteiger partial charge in [-0.05, 0) is 37.6 Å². The van der Waals surface area contributed by atoms with Crippen LogP contribution in [0.5, 0.6) is 0 Å². The summed E-state index contributed by atoms with van der Waals surface area (Å²) in [5.41, 5.74) is 0. The molecule has 0 aliphatic carbocycles. The third kappa shape index (κ3) is 4.58. The van der Waals surface area contributed by atoms with Crippen LogP contribution >= 0.6 is 11.3 Å². The van der Waals surface area contributed by atoms with Crippen molar-refractivity contribution in [2.75, 3.05) is 13.1 Å². The lowest BCUT2D eigenvalue weighted by Gasteiger charge is -2.03. The van der Waals surface area contributed by atoms with Crippen LogP contribution in [0.15, 0.2) is 18.2 Å². The number of aryl methyl sites for hydroxylation is 1. The Balaban J connectivity index is 2.21. The van der Waals surface area contributed by atoms with Gasteiger partial charge in [0.05, 0.1) is 0 Å². The van der Waals surface area contributed by atoms with Crippen LogP contribution in [0.25, 0.3) is 6.08 Å². The Kier molecular flexibility index (Phi) is 4.91.